The molecule has 1 unspecified atom stereocenters. The molecular formula is C28H28ClF2N9O2. The highest BCUT2D eigenvalue weighted by molar-refractivity contribution is 6.35. The molecule has 6 rings (SSSR count). The summed E-state index contributed by atoms with van der Waals surface area (Å²) in [5.41, 5.74) is 6.17. The number of methoxy groups -OCH3 is 1. The summed E-state index contributed by atoms with van der Waals surface area (Å²) >= 11 is 6.49. The van der Waals surface area contributed by atoms with Crippen LogP contribution in [0.25, 0.3) is 33.2 Å². The lowest BCUT2D eigenvalue weighted by Gasteiger charge is -2.41. The molecule has 14 heteroatoms. The van der Waals surface area contributed by atoms with Crippen LogP contribution in [0.3, 0.4) is 0 Å². The van der Waals surface area contributed by atoms with Crippen LogP contribution in [0.5, 0.6) is 5.75 Å². The topological polar surface area (TPSA) is 129 Å². The van der Waals surface area contributed by atoms with Crippen molar-refractivity contribution in [3.05, 3.63) is 69.5 Å². The summed E-state index contributed by atoms with van der Waals surface area (Å²) in [5.74, 6) is -2.19. The first-order valence-corrected chi connectivity index (χ1v) is 13.6. The predicted octanol–water partition coefficient (Wildman–Crippen LogP) is 3.65. The van der Waals surface area contributed by atoms with E-state index in [0.29, 0.717) is 36.4 Å². The number of nitrogens with one attached hydrogen (secondary N) is 1. The van der Waals surface area contributed by atoms with Gasteiger partial charge in [-0.1, -0.05) is 17.7 Å². The van der Waals surface area contributed by atoms with E-state index in [9.17, 15) is 9.18 Å². The van der Waals surface area contributed by atoms with E-state index in [2.05, 4.69) is 20.4 Å². The van der Waals surface area contributed by atoms with Crippen molar-refractivity contribution in [1.82, 2.24) is 34.7 Å². The Bertz CT molecular complexity index is 1920. The molecule has 0 amide bonds. The molecule has 42 heavy (non-hydrogen) atoms. The summed E-state index contributed by atoms with van der Waals surface area (Å²) in [6.45, 7) is 7.54. The molecule has 0 spiro atoms. The normalized spacial score (nSPS) is 15.8. The average molecular weight is 596 g/mol. The van der Waals surface area contributed by atoms with Crippen molar-refractivity contribution in [2.75, 3.05) is 37.5 Å². The van der Waals surface area contributed by atoms with Gasteiger partial charge in [0.1, 0.15) is 23.9 Å². The zero-order valence-corrected chi connectivity index (χ0v) is 24.1. The standard InChI is InChI=1S/C28H28ClF2N9O2/c1-14(25-36-17-7-5-6-16(29)19(17)27(41)40(25)38-11-10-35-28(2,3)12-38)39-26-20(24(32)33-13-34-26)23(37-39)15-8-9-18(42-4)22(31)21(15)30/h5-9,13-14,35H,10-12H2,1-4H3,(H2,32,33,34). The monoisotopic (exact) mass is 595 g/mol. The van der Waals surface area contributed by atoms with E-state index in [0.717, 1.165) is 0 Å². The number of ether oxygens (including phenoxy) is 1. The van der Waals surface area contributed by atoms with Gasteiger partial charge in [0.15, 0.2) is 23.0 Å². The molecule has 1 aliphatic heterocycles. The first-order chi connectivity index (χ1) is 20.0. The number of piperazine rings is 1. The molecule has 0 radical (unpaired) electrons. The minimum Gasteiger partial charge on any atom is -0.494 e. The lowest BCUT2D eigenvalue weighted by atomic mass is 10.0. The van der Waals surface area contributed by atoms with Gasteiger partial charge in [0.25, 0.3) is 5.56 Å². The van der Waals surface area contributed by atoms with Crippen LogP contribution in [-0.4, -0.2) is 61.7 Å². The first-order valence-electron chi connectivity index (χ1n) is 13.2. The number of anilines is 1. The summed E-state index contributed by atoms with van der Waals surface area (Å²) in [7, 11) is 1.25. The van der Waals surface area contributed by atoms with Gasteiger partial charge in [-0.15, -0.1) is 0 Å². The zero-order chi connectivity index (χ0) is 29.9. The van der Waals surface area contributed by atoms with E-state index < -0.39 is 17.7 Å². The maximum absolute atomic E-state index is 15.3. The molecule has 1 aliphatic rings. The van der Waals surface area contributed by atoms with E-state index >= 15 is 4.39 Å². The van der Waals surface area contributed by atoms with Gasteiger partial charge in [-0.05, 0) is 45.0 Å². The van der Waals surface area contributed by atoms with Crippen molar-refractivity contribution in [2.24, 2.45) is 0 Å². The molecule has 0 saturated carbocycles. The van der Waals surface area contributed by atoms with E-state index in [1.165, 1.54) is 34.9 Å². The van der Waals surface area contributed by atoms with Crippen LogP contribution in [0.2, 0.25) is 5.02 Å². The van der Waals surface area contributed by atoms with Gasteiger partial charge in [0.05, 0.1) is 35.0 Å². The Morgan fingerprint density at radius 3 is 2.67 bits per heavy atom. The minimum atomic E-state index is -1.16. The molecule has 4 heterocycles. The number of nitrogens with zero attached hydrogens (tertiary/aromatic N) is 7. The number of halogens is 3. The summed E-state index contributed by atoms with van der Waals surface area (Å²) in [6, 6.07) is 7.02. The number of nitrogens with two attached hydrogens (primary N) is 1. The Morgan fingerprint density at radius 1 is 1.14 bits per heavy atom. The van der Waals surface area contributed by atoms with Crippen molar-refractivity contribution in [3.63, 3.8) is 0 Å². The van der Waals surface area contributed by atoms with Gasteiger partial charge in [0.2, 0.25) is 5.82 Å². The highest BCUT2D eigenvalue weighted by Crippen LogP contribution is 2.36. The first kappa shape index (κ1) is 27.8. The summed E-state index contributed by atoms with van der Waals surface area (Å²) in [6.07, 6.45) is 1.26. The van der Waals surface area contributed by atoms with Crippen LogP contribution in [0.1, 0.15) is 32.6 Å². The summed E-state index contributed by atoms with van der Waals surface area (Å²) in [5, 5.41) is 10.9. The van der Waals surface area contributed by atoms with E-state index in [-0.39, 0.29) is 50.0 Å². The number of rotatable bonds is 5. The van der Waals surface area contributed by atoms with Crippen LogP contribution in [-0.2, 0) is 0 Å². The van der Waals surface area contributed by atoms with Crippen molar-refractivity contribution in [2.45, 2.75) is 32.4 Å². The molecular weight excluding hydrogens is 568 g/mol. The molecule has 5 aromatic rings. The molecule has 218 valence electrons. The largest absolute Gasteiger partial charge is 0.494 e. The SMILES string of the molecule is COc1ccc(-c2nn(C(C)c3nc4cccc(Cl)c4c(=O)n3N3CCNC(C)(C)C3)c3ncnc(N)c23)c(F)c1F. The lowest BCUT2D eigenvalue weighted by molar-refractivity contribution is 0.306. The number of hydrogen-bond acceptors (Lipinski definition) is 9. The van der Waals surface area contributed by atoms with Crippen LogP contribution < -0.4 is 26.4 Å². The van der Waals surface area contributed by atoms with Gasteiger partial charge in [-0.25, -0.2) is 28.7 Å². The van der Waals surface area contributed by atoms with E-state index in [1.807, 2.05) is 18.9 Å². The number of aromatic nitrogens is 6. The predicted molar refractivity (Wildman–Crippen MR) is 156 cm³/mol. The van der Waals surface area contributed by atoms with Crippen LogP contribution in [0.4, 0.5) is 14.6 Å². The lowest BCUT2D eigenvalue weighted by Crippen LogP contribution is -2.62. The Kier molecular flexibility index (Phi) is 6.73. The molecule has 1 fully saturated rings. The molecule has 0 bridgehead atoms. The van der Waals surface area contributed by atoms with Crippen molar-refractivity contribution in [1.29, 1.82) is 0 Å². The Balaban J connectivity index is 1.61. The fourth-order valence-corrected chi connectivity index (χ4v) is 5.71. The fraction of sp³-hybridized carbons (Fsp3) is 0.321. The van der Waals surface area contributed by atoms with Crippen LogP contribution >= 0.6 is 11.6 Å². The minimum absolute atomic E-state index is 0.0311. The number of fused-ring (bicyclic) bond motifs is 2. The van der Waals surface area contributed by atoms with Gasteiger partial charge >= 0.3 is 0 Å². The highest BCUT2D eigenvalue weighted by atomic mass is 35.5. The molecule has 1 atom stereocenters. The van der Waals surface area contributed by atoms with Gasteiger partial charge in [-0.2, -0.15) is 9.49 Å². The average Bonchev–Trinajstić information content (AvgIpc) is 3.34. The Hall–Kier alpha value is -4.36. The molecule has 3 N–H and O–H groups in total. The molecule has 2 aromatic carbocycles. The third-order valence-electron chi connectivity index (χ3n) is 7.46. The second-order valence-corrected chi connectivity index (χ2v) is 11.2. The van der Waals surface area contributed by atoms with Crippen LogP contribution in [0.15, 0.2) is 41.5 Å². The second-order valence-electron chi connectivity index (χ2n) is 10.8. The maximum Gasteiger partial charge on any atom is 0.281 e. The highest BCUT2D eigenvalue weighted by Gasteiger charge is 2.32. The second kappa shape index (κ2) is 10.2. The van der Waals surface area contributed by atoms with Gasteiger partial charge in [0, 0.05) is 24.2 Å². The maximum atomic E-state index is 15.3. The summed E-state index contributed by atoms with van der Waals surface area (Å²) in [4.78, 5) is 27.5. The summed E-state index contributed by atoms with van der Waals surface area (Å²) < 4.78 is 38.0. The molecule has 0 aliphatic carbocycles. The smallest absolute Gasteiger partial charge is 0.281 e. The molecule has 1 saturated heterocycles. The zero-order valence-electron chi connectivity index (χ0n) is 23.3. The van der Waals surface area contributed by atoms with E-state index in [4.69, 9.17) is 27.1 Å². The molecule has 11 nitrogen and oxygen atoms in total. The Labute approximate surface area is 243 Å². The van der Waals surface area contributed by atoms with E-state index in [1.54, 1.807) is 25.1 Å². The third-order valence-corrected chi connectivity index (χ3v) is 7.78. The molecule has 3 aromatic heterocycles. The van der Waals surface area contributed by atoms with Crippen molar-refractivity contribution in [3.8, 4) is 17.0 Å². The van der Waals surface area contributed by atoms with Crippen molar-refractivity contribution >= 4 is 39.4 Å². The number of hydrogen-bond donors (Lipinski definition) is 2. The third kappa shape index (κ3) is 4.40. The number of nitrogen functional groups attached to an aromatic ring is 1. The van der Waals surface area contributed by atoms with Gasteiger partial charge in [-0.3, -0.25) is 4.79 Å². The quantitative estimate of drug-likeness (QED) is 0.313. The fourth-order valence-electron chi connectivity index (χ4n) is 5.46. The van der Waals surface area contributed by atoms with Gasteiger partial charge < -0.3 is 20.8 Å². The Morgan fingerprint density at radius 2 is 1.93 bits per heavy atom. The van der Waals surface area contributed by atoms with Crippen LogP contribution in [0, 0.1) is 11.6 Å². The number of benzene rings is 2. The van der Waals surface area contributed by atoms with Crippen molar-refractivity contribution < 1.29 is 13.5 Å².